The van der Waals surface area contributed by atoms with Gasteiger partial charge in [0.2, 0.25) is 0 Å². The van der Waals surface area contributed by atoms with E-state index in [1.54, 1.807) is 0 Å². The first-order valence-electron chi connectivity index (χ1n) is 30.7. The quantitative estimate of drug-likeness (QED) is 0.123. The van der Waals surface area contributed by atoms with Crippen LogP contribution < -0.4 is 9.30 Å². The largest absolute Gasteiger partial charge is 0.458 e. The predicted octanol–water partition coefficient (Wildman–Crippen LogP) is 19.8. The van der Waals surface area contributed by atoms with Crippen LogP contribution in [-0.2, 0) is 21.7 Å². The molecule has 12 aromatic rings. The zero-order chi connectivity index (χ0) is 60.7. The Hall–Kier alpha value is -8.80. The number of ether oxygens (including phenoxy) is 1. The SMILES string of the molecule is [2H]c1c([2H])c([2H])c(-c2cccc3c2-c2cccc(-c4cc(C(C)(C)C)cc(C(C)(C)C)c4)c2-[n+]2[c-]n(-c4cccc(Oc5ccc6c7ccccc7n(-c7cc(C(C)(C)C)ccn7)c6c5)c4)c4cc(C(C)(C)C)cc(c42)-c2ccccc2-3)c([2H])c1[2H]. The van der Waals surface area contributed by atoms with Crippen molar-refractivity contribution in [3.05, 3.63) is 235 Å². The van der Waals surface area contributed by atoms with Crippen LogP contribution in [0.15, 0.2) is 206 Å². The van der Waals surface area contributed by atoms with E-state index in [0.29, 0.717) is 17.1 Å². The van der Waals surface area contributed by atoms with Crippen LogP contribution in [-0.4, -0.2) is 14.1 Å². The summed E-state index contributed by atoms with van der Waals surface area (Å²) in [6.45, 7) is 27.0. The number of hydrogen-bond acceptors (Lipinski definition) is 2. The third-order valence-electron chi connectivity index (χ3n) is 16.3. The molecule has 0 amide bonds. The van der Waals surface area contributed by atoms with E-state index in [9.17, 15) is 2.74 Å². The molecule has 13 rings (SSSR count). The Balaban J connectivity index is 1.10. The molecule has 0 N–H and O–H groups in total. The molecule has 0 saturated carbocycles. The van der Waals surface area contributed by atoms with Crippen LogP contribution in [0.1, 0.15) is 112 Å². The Morgan fingerprint density at radius 2 is 1.04 bits per heavy atom. The van der Waals surface area contributed by atoms with E-state index >= 15 is 0 Å². The number of nitrogens with zero attached hydrogens (tertiary/aromatic N) is 4. The molecule has 0 saturated heterocycles. The smallest absolute Gasteiger partial charge is 0.269 e. The lowest BCUT2D eigenvalue weighted by molar-refractivity contribution is -0.570. The molecule has 0 unspecified atom stereocenters. The van der Waals surface area contributed by atoms with Crippen LogP contribution in [0, 0.1) is 6.33 Å². The fourth-order valence-electron chi connectivity index (χ4n) is 11.8. The van der Waals surface area contributed by atoms with E-state index in [-0.39, 0.29) is 51.4 Å². The van der Waals surface area contributed by atoms with Crippen molar-refractivity contribution < 1.29 is 16.2 Å². The lowest BCUT2D eigenvalue weighted by atomic mass is 9.78. The van der Waals surface area contributed by atoms with Crippen LogP contribution in [0.5, 0.6) is 11.5 Å². The molecule has 0 atom stereocenters. The minimum atomic E-state index is -0.436. The number of rotatable bonds is 6. The summed E-state index contributed by atoms with van der Waals surface area (Å²) in [6, 6.07) is 58.0. The van der Waals surface area contributed by atoms with Gasteiger partial charge in [0.1, 0.15) is 17.3 Å². The summed E-state index contributed by atoms with van der Waals surface area (Å²) < 4.78 is 59.2. The maximum atomic E-state index is 9.50. The second-order valence-electron chi connectivity index (χ2n) is 26.0. The normalized spacial score (nSPS) is 13.6. The van der Waals surface area contributed by atoms with Crippen molar-refractivity contribution in [2.75, 3.05) is 0 Å². The van der Waals surface area contributed by atoms with E-state index < -0.39 is 6.04 Å². The van der Waals surface area contributed by atoms with Gasteiger partial charge in [-0.05, 0) is 154 Å². The first-order valence-corrected chi connectivity index (χ1v) is 28.2. The molecule has 0 fully saturated rings. The summed E-state index contributed by atoms with van der Waals surface area (Å²) in [7, 11) is 0. The van der Waals surface area contributed by atoms with E-state index in [1.165, 1.54) is 16.7 Å². The Morgan fingerprint density at radius 1 is 0.444 bits per heavy atom. The number of pyridine rings is 1. The van der Waals surface area contributed by atoms with Gasteiger partial charge in [-0.25, -0.2) is 4.98 Å². The van der Waals surface area contributed by atoms with Gasteiger partial charge < -0.3 is 4.74 Å². The third kappa shape index (κ3) is 9.04. The number of benzene rings is 9. The molecule has 5 nitrogen and oxygen atoms in total. The van der Waals surface area contributed by atoms with Gasteiger partial charge in [0, 0.05) is 23.0 Å². The fraction of sp³-hybridized carbons (Fsp3) is 0.211. The molecule has 5 heteroatoms. The first kappa shape index (κ1) is 46.0. The average molecular weight is 1060 g/mol. The van der Waals surface area contributed by atoms with Crippen molar-refractivity contribution in [3.8, 4) is 84.3 Å². The fourth-order valence-corrected chi connectivity index (χ4v) is 11.8. The Morgan fingerprint density at radius 3 is 1.75 bits per heavy atom. The minimum absolute atomic E-state index is 0.0698. The molecule has 0 radical (unpaired) electrons. The summed E-state index contributed by atoms with van der Waals surface area (Å²) >= 11 is 0. The molecule has 1 aliphatic rings. The number of imidazole rings is 1. The molecule has 0 spiro atoms. The summed E-state index contributed by atoms with van der Waals surface area (Å²) in [6.07, 6.45) is 5.93. The number of para-hydroxylation sites is 2. The maximum Gasteiger partial charge on any atom is 0.269 e. The molecule has 400 valence electrons. The van der Waals surface area contributed by atoms with Crippen LogP contribution in [0.3, 0.4) is 0 Å². The predicted molar refractivity (Wildman–Crippen MR) is 338 cm³/mol. The van der Waals surface area contributed by atoms with Gasteiger partial charge in [-0.15, -0.1) is 0 Å². The van der Waals surface area contributed by atoms with Crippen molar-refractivity contribution in [1.82, 2.24) is 14.1 Å². The number of fused-ring (bicyclic) bond motifs is 10. The lowest BCUT2D eigenvalue weighted by Gasteiger charge is -2.27. The van der Waals surface area contributed by atoms with Crippen LogP contribution >= 0.6 is 0 Å². The summed E-state index contributed by atoms with van der Waals surface area (Å²) in [5.74, 6) is 2.17. The zero-order valence-electron chi connectivity index (χ0n) is 53.4. The molecule has 4 heterocycles. The molecule has 81 heavy (non-hydrogen) atoms. The average Bonchev–Trinajstić information content (AvgIpc) is 1.61. The van der Waals surface area contributed by atoms with Crippen molar-refractivity contribution in [2.45, 2.75) is 105 Å². The van der Waals surface area contributed by atoms with Gasteiger partial charge in [0.25, 0.3) is 6.33 Å². The van der Waals surface area contributed by atoms with E-state index in [4.69, 9.17) is 13.8 Å². The van der Waals surface area contributed by atoms with Gasteiger partial charge in [-0.1, -0.05) is 222 Å². The molecule has 1 aliphatic heterocycles. The van der Waals surface area contributed by atoms with Crippen LogP contribution in [0.25, 0.3) is 106 Å². The van der Waals surface area contributed by atoms with Gasteiger partial charge in [0.05, 0.1) is 40.3 Å². The van der Waals surface area contributed by atoms with Crippen LogP contribution in [0.2, 0.25) is 0 Å². The molecule has 0 aliphatic carbocycles. The standard InChI is InChI=1S/C76H70N4O/c1-73(2,3)50-37-38-77-69(44-50)80-66-34-19-18-29-61(66)62-36-35-56(46-67(62)80)81-55-26-20-25-54(45-55)78-47-79-71-58(49-39-51(74(4,5)6)41-52(40-49)75(7,8)9)31-22-33-64(71)70-57(48-23-14-13-15-24-48)30-21-32-63(70)59-27-16-17-28-60(59)65-42-53(76(10,11)12)43-68(78)72(65)79/h13-46H,1-12H3/i13D,14D,15D,23D,24D. The van der Waals surface area contributed by atoms with Crippen molar-refractivity contribution in [2.24, 2.45) is 0 Å². The summed E-state index contributed by atoms with van der Waals surface area (Å²) in [5, 5.41) is 2.24. The van der Waals surface area contributed by atoms with Crippen molar-refractivity contribution in [3.63, 3.8) is 0 Å². The summed E-state index contributed by atoms with van der Waals surface area (Å²) in [4.78, 5) is 4.94. The second kappa shape index (κ2) is 18.9. The maximum absolute atomic E-state index is 9.50. The van der Waals surface area contributed by atoms with E-state index in [0.717, 1.165) is 100 Å². The van der Waals surface area contributed by atoms with Gasteiger partial charge in [-0.3, -0.25) is 13.7 Å². The monoisotopic (exact) mass is 1060 g/mol. The minimum Gasteiger partial charge on any atom is -0.458 e. The molecular formula is C76H70N4O. The molecule has 0 bridgehead atoms. The number of hydrogen-bond donors (Lipinski definition) is 0. The van der Waals surface area contributed by atoms with Crippen LogP contribution in [0.4, 0.5) is 0 Å². The molecular weight excluding hydrogens is 985 g/mol. The van der Waals surface area contributed by atoms with Gasteiger partial charge in [0.15, 0.2) is 0 Å². The highest BCUT2D eigenvalue weighted by molar-refractivity contribution is 6.10. The highest BCUT2D eigenvalue weighted by atomic mass is 16.5. The van der Waals surface area contributed by atoms with Gasteiger partial charge >= 0.3 is 0 Å². The number of aromatic nitrogens is 4. The third-order valence-corrected chi connectivity index (χ3v) is 16.3. The lowest BCUT2D eigenvalue weighted by Crippen LogP contribution is -2.32. The van der Waals surface area contributed by atoms with E-state index in [1.807, 2.05) is 36.5 Å². The van der Waals surface area contributed by atoms with E-state index in [2.05, 4.69) is 243 Å². The summed E-state index contributed by atoms with van der Waals surface area (Å²) in [5.41, 5.74) is 17.5. The molecule has 3 aromatic heterocycles. The molecule has 9 aromatic carbocycles. The second-order valence-corrected chi connectivity index (χ2v) is 26.0. The first-order chi connectivity index (χ1) is 40.8. The Kier molecular flexibility index (Phi) is 10.7. The highest BCUT2D eigenvalue weighted by Crippen LogP contribution is 2.50. The zero-order valence-corrected chi connectivity index (χ0v) is 48.4. The Bertz CT molecular complexity index is 4730. The highest BCUT2D eigenvalue weighted by Gasteiger charge is 2.31. The Labute approximate surface area is 484 Å². The van der Waals surface area contributed by atoms with Crippen molar-refractivity contribution in [1.29, 1.82) is 0 Å². The van der Waals surface area contributed by atoms with Gasteiger partial charge in [-0.2, -0.15) is 0 Å². The van der Waals surface area contributed by atoms with Crippen molar-refractivity contribution >= 4 is 32.8 Å². The topological polar surface area (TPSA) is 35.9 Å².